The Hall–Kier alpha value is -2.68. The van der Waals surface area contributed by atoms with Gasteiger partial charge in [0.1, 0.15) is 5.69 Å². The van der Waals surface area contributed by atoms with Crippen molar-refractivity contribution in [3.05, 3.63) is 35.2 Å². The molecule has 2 amide bonds. The fraction of sp³-hybridized carbons (Fsp3) is 0.500. The molecule has 1 aliphatic rings. The number of nitrogens with one attached hydrogen (secondary N) is 1. The number of aryl methyl sites for hydroxylation is 2. The van der Waals surface area contributed by atoms with E-state index in [9.17, 15) is 18.4 Å². The third kappa shape index (κ3) is 5.03. The number of amides is 2. The number of carbonyl (C=O) groups excluding carboxylic acids is 2. The monoisotopic (exact) mass is 405 g/mol. The average Bonchev–Trinajstić information content (AvgIpc) is 2.65. The summed E-state index contributed by atoms with van der Waals surface area (Å²) in [6.45, 7) is 3.26. The van der Waals surface area contributed by atoms with Crippen LogP contribution in [0.3, 0.4) is 0 Å². The number of alkyl halides is 2. The Morgan fingerprint density at radius 2 is 1.86 bits per heavy atom. The van der Waals surface area contributed by atoms with Crippen LogP contribution in [0.1, 0.15) is 40.9 Å². The normalized spacial score (nSPS) is 16.4. The Morgan fingerprint density at radius 1 is 1.21 bits per heavy atom. The van der Waals surface area contributed by atoms with Crippen molar-refractivity contribution in [1.82, 2.24) is 20.2 Å². The summed E-state index contributed by atoms with van der Waals surface area (Å²) in [5.74, 6) is -3.55. The van der Waals surface area contributed by atoms with Crippen molar-refractivity contribution in [3.63, 3.8) is 0 Å². The second-order valence-electron chi connectivity index (χ2n) is 7.59. The van der Waals surface area contributed by atoms with E-state index >= 15 is 0 Å². The fourth-order valence-corrected chi connectivity index (χ4v) is 3.19. The zero-order chi connectivity index (χ0) is 21.2. The zero-order valence-corrected chi connectivity index (χ0v) is 16.5. The highest BCUT2D eigenvalue weighted by Gasteiger charge is 2.47. The first kappa shape index (κ1) is 21.0. The molecular weight excluding hydrogens is 380 g/mol. The van der Waals surface area contributed by atoms with Gasteiger partial charge in [-0.15, -0.1) is 0 Å². The molecule has 156 valence electrons. The Bertz CT molecular complexity index is 926. The molecule has 3 rings (SSSR count). The van der Waals surface area contributed by atoms with E-state index in [1.54, 1.807) is 0 Å². The quantitative estimate of drug-likeness (QED) is 0.686. The van der Waals surface area contributed by atoms with E-state index in [2.05, 4.69) is 15.3 Å². The first-order valence-corrected chi connectivity index (χ1v) is 9.61. The minimum Gasteiger partial charge on any atom is -0.351 e. The van der Waals surface area contributed by atoms with Gasteiger partial charge in [-0.3, -0.25) is 14.6 Å². The van der Waals surface area contributed by atoms with E-state index in [1.165, 1.54) is 6.20 Å². The van der Waals surface area contributed by atoms with Crippen molar-refractivity contribution in [3.8, 4) is 0 Å². The fourth-order valence-electron chi connectivity index (χ4n) is 3.19. The van der Waals surface area contributed by atoms with Crippen molar-refractivity contribution in [2.45, 2.75) is 45.1 Å². The lowest BCUT2D eigenvalue weighted by Gasteiger charge is -2.39. The van der Waals surface area contributed by atoms with Gasteiger partial charge in [0.15, 0.2) is 0 Å². The number of nitrogens with zero attached hydrogens (tertiary/aromatic N) is 3. The average molecular weight is 405 g/mol. The number of hydrogen-bond donors (Lipinski definition) is 2. The van der Waals surface area contributed by atoms with Crippen LogP contribution in [0.15, 0.2) is 18.3 Å². The maximum atomic E-state index is 12.8. The summed E-state index contributed by atoms with van der Waals surface area (Å²) in [5, 5.41) is 2.77. The van der Waals surface area contributed by atoms with Crippen LogP contribution in [0.25, 0.3) is 11.0 Å². The minimum absolute atomic E-state index is 0.242. The van der Waals surface area contributed by atoms with Crippen molar-refractivity contribution >= 4 is 22.8 Å². The standard InChI is InChI=1S/C20H25F2N5O2/c1-12-7-15-16(8-13(12)2)26-17(9-25-15)18(28)24-6-4-3-5-14(23)19(29)27-10-20(21,22)11-27/h7-9,14H,3-6,10-11,23H2,1-2H3,(H,24,28)/t14-/m0/s1. The number of benzene rings is 1. The summed E-state index contributed by atoms with van der Waals surface area (Å²) < 4.78 is 25.6. The number of likely N-dealkylation sites (tertiary alicyclic amines) is 1. The summed E-state index contributed by atoms with van der Waals surface area (Å²) in [6, 6.07) is 3.05. The molecule has 2 aromatic rings. The Labute approximate surface area is 167 Å². The van der Waals surface area contributed by atoms with Gasteiger partial charge in [0.05, 0.1) is 36.4 Å². The van der Waals surface area contributed by atoms with E-state index in [-0.39, 0.29) is 11.6 Å². The number of carbonyl (C=O) groups is 2. The maximum Gasteiger partial charge on any atom is 0.282 e. The van der Waals surface area contributed by atoms with Crippen LogP contribution in [0, 0.1) is 13.8 Å². The van der Waals surface area contributed by atoms with E-state index in [0.29, 0.717) is 31.3 Å². The van der Waals surface area contributed by atoms with Gasteiger partial charge in [-0.1, -0.05) is 0 Å². The predicted molar refractivity (Wildman–Crippen MR) is 105 cm³/mol. The van der Waals surface area contributed by atoms with Gasteiger partial charge in [-0.25, -0.2) is 13.8 Å². The van der Waals surface area contributed by atoms with Crippen LogP contribution in [-0.4, -0.2) is 58.3 Å². The summed E-state index contributed by atoms with van der Waals surface area (Å²) >= 11 is 0. The maximum absolute atomic E-state index is 12.8. The van der Waals surface area contributed by atoms with Gasteiger partial charge in [-0.2, -0.15) is 0 Å². The van der Waals surface area contributed by atoms with Crippen LogP contribution >= 0.6 is 0 Å². The van der Waals surface area contributed by atoms with Gasteiger partial charge in [0.25, 0.3) is 11.8 Å². The second kappa shape index (κ2) is 8.36. The van der Waals surface area contributed by atoms with Gasteiger partial charge in [0.2, 0.25) is 5.91 Å². The molecule has 1 atom stereocenters. The highest BCUT2D eigenvalue weighted by atomic mass is 19.3. The molecule has 0 saturated carbocycles. The topological polar surface area (TPSA) is 101 Å². The van der Waals surface area contributed by atoms with Crippen molar-refractivity contribution in [2.24, 2.45) is 5.73 Å². The third-order valence-electron chi connectivity index (χ3n) is 5.09. The molecular formula is C20H25F2N5O2. The largest absolute Gasteiger partial charge is 0.351 e. The first-order chi connectivity index (χ1) is 13.7. The van der Waals surface area contributed by atoms with E-state index < -0.39 is 31.0 Å². The SMILES string of the molecule is Cc1cc2ncc(C(=O)NCCCC[C@H](N)C(=O)N3CC(F)(F)C3)nc2cc1C. The number of aromatic nitrogens is 2. The third-order valence-corrected chi connectivity index (χ3v) is 5.09. The van der Waals surface area contributed by atoms with Gasteiger partial charge in [-0.05, 0) is 56.4 Å². The highest BCUT2D eigenvalue weighted by Crippen LogP contribution is 2.27. The number of halogens is 2. The van der Waals surface area contributed by atoms with Crippen LogP contribution in [0.4, 0.5) is 8.78 Å². The number of rotatable bonds is 7. The van der Waals surface area contributed by atoms with Crippen LogP contribution in [0.5, 0.6) is 0 Å². The molecule has 9 heteroatoms. The lowest BCUT2D eigenvalue weighted by molar-refractivity contribution is -0.167. The van der Waals surface area contributed by atoms with Gasteiger partial charge >= 0.3 is 0 Å². The molecule has 1 fully saturated rings. The first-order valence-electron chi connectivity index (χ1n) is 9.61. The molecule has 1 aromatic heterocycles. The molecule has 2 heterocycles. The summed E-state index contributed by atoms with van der Waals surface area (Å²) in [7, 11) is 0. The van der Waals surface area contributed by atoms with E-state index in [0.717, 1.165) is 21.5 Å². The number of hydrogen-bond acceptors (Lipinski definition) is 5. The molecule has 0 spiro atoms. The minimum atomic E-state index is -2.79. The molecule has 0 bridgehead atoms. The molecule has 0 aliphatic carbocycles. The van der Waals surface area contributed by atoms with Crippen LogP contribution < -0.4 is 11.1 Å². The highest BCUT2D eigenvalue weighted by molar-refractivity contribution is 5.93. The summed E-state index contributed by atoms with van der Waals surface area (Å²) in [4.78, 5) is 33.9. The Balaban J connectivity index is 1.41. The molecule has 29 heavy (non-hydrogen) atoms. The molecule has 1 aromatic carbocycles. The second-order valence-corrected chi connectivity index (χ2v) is 7.59. The molecule has 3 N–H and O–H groups in total. The lowest BCUT2D eigenvalue weighted by atomic mass is 10.1. The van der Waals surface area contributed by atoms with Crippen molar-refractivity contribution in [2.75, 3.05) is 19.6 Å². The number of fused-ring (bicyclic) bond motifs is 1. The Kier molecular flexibility index (Phi) is 6.07. The number of nitrogens with two attached hydrogens (primary N) is 1. The number of unbranched alkanes of at least 4 members (excludes halogenated alkanes) is 1. The predicted octanol–water partition coefficient (Wildman–Crippen LogP) is 1.95. The van der Waals surface area contributed by atoms with E-state index in [4.69, 9.17) is 5.73 Å². The molecule has 7 nitrogen and oxygen atoms in total. The van der Waals surface area contributed by atoms with Gasteiger partial charge in [0, 0.05) is 6.54 Å². The van der Waals surface area contributed by atoms with Gasteiger partial charge < -0.3 is 16.0 Å². The van der Waals surface area contributed by atoms with Crippen molar-refractivity contribution in [1.29, 1.82) is 0 Å². The molecule has 1 saturated heterocycles. The molecule has 0 radical (unpaired) electrons. The van der Waals surface area contributed by atoms with Crippen LogP contribution in [0.2, 0.25) is 0 Å². The van der Waals surface area contributed by atoms with Crippen molar-refractivity contribution < 1.29 is 18.4 Å². The summed E-state index contributed by atoms with van der Waals surface area (Å²) in [6.07, 6.45) is 3.04. The lowest BCUT2D eigenvalue weighted by Crippen LogP contribution is -2.61. The zero-order valence-electron chi connectivity index (χ0n) is 16.5. The Morgan fingerprint density at radius 3 is 2.52 bits per heavy atom. The smallest absolute Gasteiger partial charge is 0.282 e. The molecule has 0 unspecified atom stereocenters. The van der Waals surface area contributed by atoms with E-state index in [1.807, 2.05) is 26.0 Å². The molecule has 1 aliphatic heterocycles. The summed E-state index contributed by atoms with van der Waals surface area (Å²) in [5.41, 5.74) is 9.63. The van der Waals surface area contributed by atoms with Crippen LogP contribution in [-0.2, 0) is 4.79 Å².